The maximum Gasteiger partial charge on any atom is 0.137 e. The van der Waals surface area contributed by atoms with E-state index in [4.69, 9.17) is 4.98 Å². The Labute approximate surface area is 148 Å². The molecular formula is C17H19BrN4S. The molecule has 0 radical (unpaired) electrons. The molecule has 3 aromatic heterocycles. The molecule has 1 saturated heterocycles. The molecule has 0 saturated carbocycles. The number of halogens is 1. The third-order valence-electron chi connectivity index (χ3n) is 4.24. The third-order valence-corrected chi connectivity index (χ3v) is 5.59. The van der Waals surface area contributed by atoms with E-state index >= 15 is 0 Å². The van der Waals surface area contributed by atoms with Crippen LogP contribution in [0.1, 0.15) is 12.1 Å². The summed E-state index contributed by atoms with van der Waals surface area (Å²) in [5.41, 5.74) is 3.42. The van der Waals surface area contributed by atoms with Gasteiger partial charge in [0.05, 0.1) is 10.6 Å². The summed E-state index contributed by atoms with van der Waals surface area (Å²) in [6.45, 7) is 5.34. The van der Waals surface area contributed by atoms with Crippen molar-refractivity contribution in [3.8, 4) is 10.6 Å². The van der Waals surface area contributed by atoms with E-state index in [0.29, 0.717) is 0 Å². The summed E-state index contributed by atoms with van der Waals surface area (Å²) in [5.74, 6) is 0. The van der Waals surface area contributed by atoms with Crippen LogP contribution in [0, 0.1) is 0 Å². The van der Waals surface area contributed by atoms with Gasteiger partial charge in [0.25, 0.3) is 0 Å². The first-order chi connectivity index (χ1) is 11.3. The zero-order chi connectivity index (χ0) is 15.6. The quantitative estimate of drug-likeness (QED) is 0.740. The van der Waals surface area contributed by atoms with Gasteiger partial charge < -0.3 is 9.72 Å². The predicted octanol–water partition coefficient (Wildman–Crippen LogP) is 3.62. The minimum atomic E-state index is 0.937. The summed E-state index contributed by atoms with van der Waals surface area (Å²) in [6, 6.07) is 8.39. The molecule has 1 aliphatic rings. The van der Waals surface area contributed by atoms with Crippen molar-refractivity contribution in [3.05, 3.63) is 46.0 Å². The molecule has 0 spiro atoms. The number of hydrogen-bond acceptors (Lipinski definition) is 4. The Hall–Kier alpha value is -1.21. The van der Waals surface area contributed by atoms with E-state index in [1.165, 1.54) is 17.0 Å². The first-order valence-corrected chi connectivity index (χ1v) is 9.62. The standard InChI is InChI=1S/C17H19BrN4S/c18-13-4-5-16-20-17(15-3-1-10-23-15)14(22(16)11-13)12-21-8-2-6-19-7-9-21/h1,3-5,10-11,19H,2,6-9,12H2. The highest BCUT2D eigenvalue weighted by atomic mass is 79.9. The Kier molecular flexibility index (Phi) is 4.48. The van der Waals surface area contributed by atoms with E-state index in [1.54, 1.807) is 11.3 Å². The van der Waals surface area contributed by atoms with E-state index < -0.39 is 0 Å². The molecule has 3 aromatic rings. The average Bonchev–Trinajstić information content (AvgIpc) is 3.10. The van der Waals surface area contributed by atoms with Gasteiger partial charge in [-0.1, -0.05) is 6.07 Å². The number of hydrogen-bond donors (Lipinski definition) is 1. The zero-order valence-corrected chi connectivity index (χ0v) is 15.2. The largest absolute Gasteiger partial charge is 0.315 e. The van der Waals surface area contributed by atoms with Crippen LogP contribution in [0.3, 0.4) is 0 Å². The molecule has 1 fully saturated rings. The van der Waals surface area contributed by atoms with Crippen LogP contribution in [-0.4, -0.2) is 40.5 Å². The van der Waals surface area contributed by atoms with Crippen LogP contribution in [0.5, 0.6) is 0 Å². The minimum Gasteiger partial charge on any atom is -0.315 e. The molecule has 120 valence electrons. The SMILES string of the molecule is Brc1ccc2nc(-c3cccs3)c(CN3CCCNCC3)n2c1. The number of aromatic nitrogens is 2. The Bertz CT molecular complexity index is 788. The molecule has 6 heteroatoms. The molecule has 4 nitrogen and oxygen atoms in total. The second-order valence-corrected chi connectivity index (χ2v) is 7.70. The van der Waals surface area contributed by atoms with Gasteiger partial charge in [-0.25, -0.2) is 4.98 Å². The second kappa shape index (κ2) is 6.73. The van der Waals surface area contributed by atoms with Crippen molar-refractivity contribution in [2.75, 3.05) is 26.2 Å². The smallest absolute Gasteiger partial charge is 0.137 e. The van der Waals surface area contributed by atoms with Gasteiger partial charge in [-0.05, 0) is 59.0 Å². The second-order valence-electron chi connectivity index (χ2n) is 5.84. The van der Waals surface area contributed by atoms with Gasteiger partial charge in [0, 0.05) is 30.3 Å². The van der Waals surface area contributed by atoms with Crippen molar-refractivity contribution >= 4 is 32.9 Å². The maximum atomic E-state index is 4.90. The lowest BCUT2D eigenvalue weighted by atomic mass is 10.2. The number of fused-ring (bicyclic) bond motifs is 1. The Morgan fingerprint density at radius 2 is 2.17 bits per heavy atom. The molecule has 0 amide bonds. The van der Waals surface area contributed by atoms with Crippen molar-refractivity contribution in [1.29, 1.82) is 0 Å². The van der Waals surface area contributed by atoms with Gasteiger partial charge in [-0.2, -0.15) is 0 Å². The fourth-order valence-electron chi connectivity index (χ4n) is 3.10. The summed E-state index contributed by atoms with van der Waals surface area (Å²) >= 11 is 5.35. The highest BCUT2D eigenvalue weighted by Gasteiger charge is 2.18. The number of pyridine rings is 1. The van der Waals surface area contributed by atoms with Crippen molar-refractivity contribution < 1.29 is 0 Å². The van der Waals surface area contributed by atoms with Crippen molar-refractivity contribution in [2.24, 2.45) is 0 Å². The van der Waals surface area contributed by atoms with Gasteiger partial charge in [-0.15, -0.1) is 11.3 Å². The van der Waals surface area contributed by atoms with E-state index in [2.05, 4.69) is 66.4 Å². The summed E-state index contributed by atoms with van der Waals surface area (Å²) < 4.78 is 3.32. The summed E-state index contributed by atoms with van der Waals surface area (Å²) in [4.78, 5) is 8.67. The first kappa shape index (κ1) is 15.3. The van der Waals surface area contributed by atoms with Crippen molar-refractivity contribution in [1.82, 2.24) is 19.6 Å². The molecule has 23 heavy (non-hydrogen) atoms. The van der Waals surface area contributed by atoms with Gasteiger partial charge in [0.1, 0.15) is 11.3 Å². The molecule has 4 rings (SSSR count). The fraction of sp³-hybridized carbons (Fsp3) is 0.353. The predicted molar refractivity (Wildman–Crippen MR) is 99.0 cm³/mol. The zero-order valence-electron chi connectivity index (χ0n) is 12.8. The maximum absolute atomic E-state index is 4.90. The van der Waals surface area contributed by atoms with Crippen LogP contribution in [0.4, 0.5) is 0 Å². The van der Waals surface area contributed by atoms with Crippen LogP contribution in [0.2, 0.25) is 0 Å². The highest BCUT2D eigenvalue weighted by Crippen LogP contribution is 2.30. The fourth-order valence-corrected chi connectivity index (χ4v) is 4.17. The van der Waals surface area contributed by atoms with Crippen LogP contribution in [0.25, 0.3) is 16.2 Å². The molecule has 0 bridgehead atoms. The van der Waals surface area contributed by atoms with Gasteiger partial charge in [-0.3, -0.25) is 4.90 Å². The van der Waals surface area contributed by atoms with Crippen LogP contribution >= 0.6 is 27.3 Å². The minimum absolute atomic E-state index is 0.937. The van der Waals surface area contributed by atoms with Crippen LogP contribution in [0.15, 0.2) is 40.3 Å². The van der Waals surface area contributed by atoms with Crippen molar-refractivity contribution in [2.45, 2.75) is 13.0 Å². The molecule has 0 unspecified atom stereocenters. The Balaban J connectivity index is 1.78. The van der Waals surface area contributed by atoms with E-state index in [-0.39, 0.29) is 0 Å². The Morgan fingerprint density at radius 3 is 3.04 bits per heavy atom. The summed E-state index contributed by atoms with van der Waals surface area (Å²) in [7, 11) is 0. The van der Waals surface area contributed by atoms with Gasteiger partial charge in [0.15, 0.2) is 0 Å². The highest BCUT2D eigenvalue weighted by molar-refractivity contribution is 9.10. The monoisotopic (exact) mass is 390 g/mol. The molecular weight excluding hydrogens is 372 g/mol. The molecule has 0 aromatic carbocycles. The van der Waals surface area contributed by atoms with E-state index in [9.17, 15) is 0 Å². The normalized spacial score (nSPS) is 16.7. The number of nitrogens with zero attached hydrogens (tertiary/aromatic N) is 3. The summed E-state index contributed by atoms with van der Waals surface area (Å²) in [6.07, 6.45) is 3.33. The number of thiophene rings is 1. The van der Waals surface area contributed by atoms with Gasteiger partial charge >= 0.3 is 0 Å². The Morgan fingerprint density at radius 1 is 1.22 bits per heavy atom. The van der Waals surface area contributed by atoms with E-state index in [1.807, 2.05) is 0 Å². The molecule has 4 heterocycles. The van der Waals surface area contributed by atoms with Crippen LogP contribution in [-0.2, 0) is 6.54 Å². The number of nitrogens with one attached hydrogen (secondary N) is 1. The topological polar surface area (TPSA) is 32.6 Å². The van der Waals surface area contributed by atoms with E-state index in [0.717, 1.165) is 48.5 Å². The first-order valence-electron chi connectivity index (χ1n) is 7.95. The molecule has 1 N–H and O–H groups in total. The van der Waals surface area contributed by atoms with Gasteiger partial charge in [0.2, 0.25) is 0 Å². The molecule has 1 aliphatic heterocycles. The number of rotatable bonds is 3. The lowest BCUT2D eigenvalue weighted by molar-refractivity contribution is 0.281. The number of imidazole rings is 1. The third kappa shape index (κ3) is 3.21. The van der Waals surface area contributed by atoms with Crippen molar-refractivity contribution in [3.63, 3.8) is 0 Å². The average molecular weight is 391 g/mol. The summed E-state index contributed by atoms with van der Waals surface area (Å²) in [5, 5.41) is 5.60. The molecule has 0 atom stereocenters. The van der Waals surface area contributed by atoms with Crippen LogP contribution < -0.4 is 5.32 Å². The lowest BCUT2D eigenvalue weighted by Crippen LogP contribution is -2.28. The lowest BCUT2D eigenvalue weighted by Gasteiger charge is -2.19. The molecule has 0 aliphatic carbocycles.